The van der Waals surface area contributed by atoms with Crippen LogP contribution in [-0.2, 0) is 0 Å². The molecular weight excluding hydrogens is 330 g/mol. The first kappa shape index (κ1) is 15.7. The lowest BCUT2D eigenvalue weighted by Gasteiger charge is -2.18. The standard InChI is InChI=1S/C17H22BrNS/c1-10(2)17(19-5)15-7-6-14(20-15)16-12(4)8-11(3)9-13(16)18/h6-10,17,19H,1-5H3. The predicted octanol–water partition coefficient (Wildman–Crippen LogP) is 5.71. The van der Waals surface area contributed by atoms with Crippen LogP contribution >= 0.6 is 27.3 Å². The molecule has 0 amide bonds. The molecule has 108 valence electrons. The largest absolute Gasteiger partial charge is 0.312 e. The molecule has 0 saturated carbocycles. The van der Waals surface area contributed by atoms with Crippen LogP contribution in [0.2, 0.25) is 0 Å². The number of aryl methyl sites for hydroxylation is 2. The second-order valence-corrected chi connectivity index (χ2v) is 7.62. The molecule has 0 aliphatic rings. The molecule has 1 aromatic carbocycles. The summed E-state index contributed by atoms with van der Waals surface area (Å²) in [6.07, 6.45) is 0. The summed E-state index contributed by atoms with van der Waals surface area (Å²) in [4.78, 5) is 2.75. The lowest BCUT2D eigenvalue weighted by Crippen LogP contribution is -2.20. The fraction of sp³-hybridized carbons (Fsp3) is 0.412. The monoisotopic (exact) mass is 351 g/mol. The van der Waals surface area contributed by atoms with E-state index in [4.69, 9.17) is 0 Å². The Morgan fingerprint density at radius 3 is 2.40 bits per heavy atom. The molecule has 0 saturated heterocycles. The minimum atomic E-state index is 0.429. The molecule has 0 fully saturated rings. The molecule has 0 spiro atoms. The van der Waals surface area contributed by atoms with Crippen LogP contribution in [0.1, 0.15) is 35.9 Å². The second-order valence-electron chi connectivity index (χ2n) is 5.65. The first-order valence-corrected chi connectivity index (χ1v) is 8.59. The lowest BCUT2D eigenvalue weighted by molar-refractivity contribution is 0.449. The molecule has 1 aromatic heterocycles. The van der Waals surface area contributed by atoms with E-state index in [0.29, 0.717) is 12.0 Å². The third-order valence-corrected chi connectivity index (χ3v) is 5.40. The van der Waals surface area contributed by atoms with Crippen molar-refractivity contribution in [1.29, 1.82) is 0 Å². The predicted molar refractivity (Wildman–Crippen MR) is 93.6 cm³/mol. The van der Waals surface area contributed by atoms with E-state index in [1.807, 2.05) is 18.4 Å². The van der Waals surface area contributed by atoms with Gasteiger partial charge in [0.1, 0.15) is 0 Å². The minimum absolute atomic E-state index is 0.429. The molecular formula is C17H22BrNS. The Kier molecular flexibility index (Phi) is 5.05. The van der Waals surface area contributed by atoms with Gasteiger partial charge in [0.15, 0.2) is 0 Å². The molecule has 3 heteroatoms. The van der Waals surface area contributed by atoms with Crippen LogP contribution in [-0.4, -0.2) is 7.05 Å². The van der Waals surface area contributed by atoms with Crippen LogP contribution in [0.3, 0.4) is 0 Å². The summed E-state index contributed by atoms with van der Waals surface area (Å²) in [6, 6.07) is 9.37. The maximum Gasteiger partial charge on any atom is 0.0435 e. The Bertz CT molecular complexity index is 578. The van der Waals surface area contributed by atoms with Crippen molar-refractivity contribution in [2.75, 3.05) is 7.05 Å². The number of rotatable bonds is 4. The Labute approximate surface area is 134 Å². The van der Waals surface area contributed by atoms with Gasteiger partial charge in [-0.25, -0.2) is 0 Å². The Morgan fingerprint density at radius 1 is 1.15 bits per heavy atom. The Hall–Kier alpha value is -0.640. The maximum absolute atomic E-state index is 3.72. The summed E-state index contributed by atoms with van der Waals surface area (Å²) in [6.45, 7) is 8.84. The van der Waals surface area contributed by atoms with Gasteiger partial charge in [-0.3, -0.25) is 0 Å². The zero-order chi connectivity index (χ0) is 14.9. The number of hydrogen-bond donors (Lipinski definition) is 1. The van der Waals surface area contributed by atoms with Crippen molar-refractivity contribution >= 4 is 27.3 Å². The highest BCUT2D eigenvalue weighted by Crippen LogP contribution is 2.39. The SMILES string of the molecule is CNC(c1ccc(-c2c(C)cc(C)cc2Br)s1)C(C)C. The number of nitrogens with one attached hydrogen (secondary N) is 1. The van der Waals surface area contributed by atoms with Gasteiger partial charge in [-0.05, 0) is 56.1 Å². The first-order valence-electron chi connectivity index (χ1n) is 6.98. The van der Waals surface area contributed by atoms with Crippen molar-refractivity contribution < 1.29 is 0 Å². The highest BCUT2D eigenvalue weighted by Gasteiger charge is 2.17. The van der Waals surface area contributed by atoms with E-state index < -0.39 is 0 Å². The van der Waals surface area contributed by atoms with Crippen LogP contribution in [0, 0.1) is 19.8 Å². The summed E-state index contributed by atoms with van der Waals surface area (Å²) in [7, 11) is 2.04. The van der Waals surface area contributed by atoms with Crippen LogP contribution in [0.15, 0.2) is 28.7 Å². The fourth-order valence-corrected chi connectivity index (χ4v) is 5.12. The topological polar surface area (TPSA) is 12.0 Å². The van der Waals surface area contributed by atoms with Crippen molar-refractivity contribution in [2.45, 2.75) is 33.7 Å². The van der Waals surface area contributed by atoms with Crippen LogP contribution < -0.4 is 5.32 Å². The van der Waals surface area contributed by atoms with E-state index >= 15 is 0 Å². The van der Waals surface area contributed by atoms with Crippen molar-refractivity contribution in [1.82, 2.24) is 5.32 Å². The van der Waals surface area contributed by atoms with Crippen molar-refractivity contribution in [3.63, 3.8) is 0 Å². The summed E-state index contributed by atoms with van der Waals surface area (Å²) >= 11 is 5.61. The fourth-order valence-electron chi connectivity index (χ4n) is 2.69. The molecule has 2 aromatic rings. The van der Waals surface area contributed by atoms with Gasteiger partial charge in [-0.1, -0.05) is 35.8 Å². The molecule has 20 heavy (non-hydrogen) atoms. The van der Waals surface area contributed by atoms with E-state index in [-0.39, 0.29) is 0 Å². The number of benzene rings is 1. The van der Waals surface area contributed by atoms with Gasteiger partial charge in [0.2, 0.25) is 0 Å². The minimum Gasteiger partial charge on any atom is -0.312 e. The smallest absolute Gasteiger partial charge is 0.0435 e. The second kappa shape index (κ2) is 6.42. The first-order chi connectivity index (χ1) is 9.43. The van der Waals surface area contributed by atoms with Crippen molar-refractivity contribution in [2.24, 2.45) is 5.92 Å². The average Bonchev–Trinajstić information content (AvgIpc) is 2.77. The van der Waals surface area contributed by atoms with Gasteiger partial charge >= 0.3 is 0 Å². The van der Waals surface area contributed by atoms with Crippen molar-refractivity contribution in [3.8, 4) is 10.4 Å². The van der Waals surface area contributed by atoms with Gasteiger partial charge in [-0.15, -0.1) is 11.3 Å². The molecule has 0 aliphatic carbocycles. The molecule has 0 bridgehead atoms. The maximum atomic E-state index is 3.72. The van der Waals surface area contributed by atoms with E-state index in [2.05, 4.69) is 73.2 Å². The van der Waals surface area contributed by atoms with Gasteiger partial charge in [0.25, 0.3) is 0 Å². The quantitative estimate of drug-likeness (QED) is 0.743. The molecule has 1 heterocycles. The zero-order valence-corrected chi connectivity index (χ0v) is 15.2. The molecule has 1 atom stereocenters. The lowest BCUT2D eigenvalue weighted by atomic mass is 10.0. The third kappa shape index (κ3) is 3.16. The molecule has 1 N–H and O–H groups in total. The van der Waals surface area contributed by atoms with Gasteiger partial charge < -0.3 is 5.32 Å². The van der Waals surface area contributed by atoms with E-state index in [1.54, 1.807) is 0 Å². The number of thiophene rings is 1. The van der Waals surface area contributed by atoms with Crippen LogP contribution in [0.4, 0.5) is 0 Å². The Balaban J connectivity index is 2.43. The normalized spacial score (nSPS) is 12.9. The zero-order valence-electron chi connectivity index (χ0n) is 12.8. The number of hydrogen-bond acceptors (Lipinski definition) is 2. The third-order valence-electron chi connectivity index (χ3n) is 3.59. The summed E-state index contributed by atoms with van der Waals surface area (Å²) in [5, 5.41) is 3.42. The van der Waals surface area contributed by atoms with Crippen molar-refractivity contribution in [3.05, 3.63) is 44.7 Å². The van der Waals surface area contributed by atoms with Gasteiger partial charge in [0.05, 0.1) is 0 Å². The molecule has 0 radical (unpaired) electrons. The van der Waals surface area contributed by atoms with E-state index in [1.165, 1.54) is 30.9 Å². The highest BCUT2D eigenvalue weighted by molar-refractivity contribution is 9.10. The molecule has 0 aliphatic heterocycles. The van der Waals surface area contributed by atoms with Gasteiger partial charge in [-0.2, -0.15) is 0 Å². The number of halogens is 1. The van der Waals surface area contributed by atoms with E-state index in [0.717, 1.165) is 0 Å². The van der Waals surface area contributed by atoms with Crippen LogP contribution in [0.5, 0.6) is 0 Å². The summed E-state index contributed by atoms with van der Waals surface area (Å²) < 4.78 is 1.19. The summed E-state index contributed by atoms with van der Waals surface area (Å²) in [5.74, 6) is 0.592. The molecule has 1 unspecified atom stereocenters. The molecule has 1 nitrogen and oxygen atoms in total. The highest BCUT2D eigenvalue weighted by atomic mass is 79.9. The Morgan fingerprint density at radius 2 is 1.85 bits per heavy atom. The summed E-state index contributed by atoms with van der Waals surface area (Å²) in [5.41, 5.74) is 3.95. The van der Waals surface area contributed by atoms with Crippen LogP contribution in [0.25, 0.3) is 10.4 Å². The molecule has 2 rings (SSSR count). The van der Waals surface area contributed by atoms with E-state index in [9.17, 15) is 0 Å². The van der Waals surface area contributed by atoms with Gasteiger partial charge in [0, 0.05) is 25.8 Å². The average molecular weight is 352 g/mol.